The van der Waals surface area contributed by atoms with Gasteiger partial charge >= 0.3 is 0 Å². The Morgan fingerprint density at radius 1 is 1.19 bits per heavy atom. The lowest BCUT2D eigenvalue weighted by atomic mass is 9.79. The molecule has 0 amide bonds. The molecule has 2 aliphatic rings. The van der Waals surface area contributed by atoms with E-state index in [1.54, 1.807) is 4.31 Å². The average molecular weight is 382 g/mol. The van der Waals surface area contributed by atoms with Crippen LogP contribution in [0.1, 0.15) is 38.2 Å². The molecule has 1 aromatic heterocycles. The molecule has 146 valence electrons. The van der Waals surface area contributed by atoms with Crippen LogP contribution in [-0.4, -0.2) is 67.8 Å². The van der Waals surface area contributed by atoms with Gasteiger partial charge in [0.15, 0.2) is 0 Å². The van der Waals surface area contributed by atoms with Gasteiger partial charge in [0.2, 0.25) is 10.0 Å². The van der Waals surface area contributed by atoms with Gasteiger partial charge in [-0.25, -0.2) is 12.7 Å². The Bertz CT molecular complexity index is 658. The Hall–Kier alpha value is -1.02. The molecule has 26 heavy (non-hydrogen) atoms. The molecular weight excluding hydrogens is 350 g/mol. The molecule has 0 atom stereocenters. The number of piperidine rings is 1. The second-order valence-electron chi connectivity index (χ2n) is 7.69. The molecule has 0 unspecified atom stereocenters. The molecule has 6 nitrogen and oxygen atoms in total. The number of hydrogen-bond acceptors (Lipinski definition) is 5. The van der Waals surface area contributed by atoms with Crippen molar-refractivity contribution in [1.82, 2.24) is 14.2 Å². The predicted octanol–water partition coefficient (Wildman–Crippen LogP) is 2.13. The Balaban J connectivity index is 1.61. The van der Waals surface area contributed by atoms with Crippen molar-refractivity contribution in [2.45, 2.75) is 39.2 Å². The van der Waals surface area contributed by atoms with E-state index in [0.717, 1.165) is 58.5 Å². The monoisotopic (exact) mass is 381 g/mol. The first-order valence-electron chi connectivity index (χ1n) is 9.70. The standard InChI is InChI=1S/C19H31N3O3S/c1-2-3-14-26(23,24)22-10-6-19(7-11-22)16-21(12-13-25-17-19)15-18-4-8-20-9-5-18/h4-5,8-9H,2-3,6-7,10-17H2,1H3. The molecule has 2 saturated heterocycles. The zero-order valence-electron chi connectivity index (χ0n) is 15.8. The molecule has 2 fully saturated rings. The van der Waals surface area contributed by atoms with Crippen molar-refractivity contribution in [3.63, 3.8) is 0 Å². The van der Waals surface area contributed by atoms with Crippen LogP contribution in [0.3, 0.4) is 0 Å². The highest BCUT2D eigenvalue weighted by molar-refractivity contribution is 7.89. The van der Waals surface area contributed by atoms with Gasteiger partial charge in [0.05, 0.1) is 19.0 Å². The number of ether oxygens (including phenoxy) is 1. The summed E-state index contributed by atoms with van der Waals surface area (Å²) in [5.41, 5.74) is 1.33. The first kappa shape index (κ1) is 19.7. The van der Waals surface area contributed by atoms with Gasteiger partial charge in [-0.3, -0.25) is 9.88 Å². The van der Waals surface area contributed by atoms with Gasteiger partial charge in [-0.1, -0.05) is 13.3 Å². The fraction of sp³-hybridized carbons (Fsp3) is 0.737. The lowest BCUT2D eigenvalue weighted by Gasteiger charge is -2.42. The van der Waals surface area contributed by atoms with E-state index in [1.807, 2.05) is 19.3 Å². The minimum absolute atomic E-state index is 0.0697. The number of pyridine rings is 1. The van der Waals surface area contributed by atoms with E-state index in [2.05, 4.69) is 22.0 Å². The highest BCUT2D eigenvalue weighted by atomic mass is 32.2. The third-order valence-corrected chi connectivity index (χ3v) is 7.56. The number of hydrogen-bond donors (Lipinski definition) is 0. The fourth-order valence-electron chi connectivity index (χ4n) is 3.96. The van der Waals surface area contributed by atoms with Crippen molar-refractivity contribution >= 4 is 10.0 Å². The number of aromatic nitrogens is 1. The van der Waals surface area contributed by atoms with Crippen molar-refractivity contribution in [3.8, 4) is 0 Å². The van der Waals surface area contributed by atoms with Gasteiger partial charge in [0, 0.05) is 50.5 Å². The fourth-order valence-corrected chi connectivity index (χ4v) is 5.61. The molecule has 3 rings (SSSR count). The van der Waals surface area contributed by atoms with E-state index in [1.165, 1.54) is 5.56 Å². The molecule has 2 aliphatic heterocycles. The highest BCUT2D eigenvalue weighted by Gasteiger charge is 2.40. The van der Waals surface area contributed by atoms with Gasteiger partial charge in [-0.05, 0) is 37.0 Å². The molecule has 0 bridgehead atoms. The molecule has 3 heterocycles. The van der Waals surface area contributed by atoms with Crippen LogP contribution in [0.4, 0.5) is 0 Å². The quantitative estimate of drug-likeness (QED) is 0.755. The van der Waals surface area contributed by atoms with Crippen molar-refractivity contribution in [1.29, 1.82) is 0 Å². The van der Waals surface area contributed by atoms with Crippen LogP contribution < -0.4 is 0 Å². The first-order chi connectivity index (χ1) is 12.5. The summed E-state index contributed by atoms with van der Waals surface area (Å²) >= 11 is 0. The van der Waals surface area contributed by atoms with Crippen LogP contribution in [0.15, 0.2) is 24.5 Å². The second-order valence-corrected chi connectivity index (χ2v) is 9.78. The molecule has 1 aromatic rings. The Morgan fingerprint density at radius 3 is 2.62 bits per heavy atom. The lowest BCUT2D eigenvalue weighted by molar-refractivity contribution is 0.0307. The molecule has 0 aromatic carbocycles. The van der Waals surface area contributed by atoms with Gasteiger partial charge < -0.3 is 4.74 Å². The number of nitrogens with zero attached hydrogens (tertiary/aromatic N) is 3. The maximum Gasteiger partial charge on any atom is 0.214 e. The van der Waals surface area contributed by atoms with E-state index in [4.69, 9.17) is 4.74 Å². The highest BCUT2D eigenvalue weighted by Crippen LogP contribution is 2.35. The summed E-state index contributed by atoms with van der Waals surface area (Å²) in [4.78, 5) is 6.54. The van der Waals surface area contributed by atoms with E-state index in [-0.39, 0.29) is 11.2 Å². The van der Waals surface area contributed by atoms with Crippen LogP contribution in [0.25, 0.3) is 0 Å². The summed E-state index contributed by atoms with van der Waals surface area (Å²) in [6, 6.07) is 4.11. The summed E-state index contributed by atoms with van der Waals surface area (Å²) in [5.74, 6) is 0.279. The van der Waals surface area contributed by atoms with Gasteiger partial charge in [-0.2, -0.15) is 0 Å². The third-order valence-electron chi connectivity index (χ3n) is 5.61. The first-order valence-corrected chi connectivity index (χ1v) is 11.3. The average Bonchev–Trinajstić information content (AvgIpc) is 2.83. The molecular formula is C19H31N3O3S. The zero-order valence-corrected chi connectivity index (χ0v) is 16.6. The van der Waals surface area contributed by atoms with E-state index >= 15 is 0 Å². The summed E-state index contributed by atoms with van der Waals surface area (Å²) in [7, 11) is -3.10. The van der Waals surface area contributed by atoms with E-state index < -0.39 is 10.0 Å². The van der Waals surface area contributed by atoms with E-state index in [0.29, 0.717) is 13.1 Å². The van der Waals surface area contributed by atoms with Crippen LogP contribution >= 0.6 is 0 Å². The van der Waals surface area contributed by atoms with Gasteiger partial charge in [-0.15, -0.1) is 0 Å². The molecule has 0 saturated carbocycles. The van der Waals surface area contributed by atoms with Crippen LogP contribution in [0.2, 0.25) is 0 Å². The Morgan fingerprint density at radius 2 is 1.92 bits per heavy atom. The SMILES string of the molecule is CCCCS(=O)(=O)N1CCC2(CC1)COCCN(Cc1ccncc1)C2. The topological polar surface area (TPSA) is 62.7 Å². The summed E-state index contributed by atoms with van der Waals surface area (Å²) in [6.07, 6.45) is 7.08. The van der Waals surface area contributed by atoms with E-state index in [9.17, 15) is 8.42 Å². The minimum atomic E-state index is -3.10. The van der Waals surface area contributed by atoms with Crippen LogP contribution in [-0.2, 0) is 21.3 Å². The zero-order chi connectivity index (χ0) is 18.5. The smallest absolute Gasteiger partial charge is 0.214 e. The normalized spacial score (nSPS) is 22.3. The summed E-state index contributed by atoms with van der Waals surface area (Å²) in [6.45, 7) is 7.54. The molecule has 0 aliphatic carbocycles. The molecule has 7 heteroatoms. The maximum absolute atomic E-state index is 12.5. The minimum Gasteiger partial charge on any atom is -0.379 e. The van der Waals surface area contributed by atoms with Crippen molar-refractivity contribution in [3.05, 3.63) is 30.1 Å². The lowest BCUT2D eigenvalue weighted by Crippen LogP contribution is -2.49. The Kier molecular flexibility index (Phi) is 6.66. The van der Waals surface area contributed by atoms with Crippen molar-refractivity contribution < 1.29 is 13.2 Å². The van der Waals surface area contributed by atoms with Crippen molar-refractivity contribution in [2.75, 3.05) is 45.1 Å². The van der Waals surface area contributed by atoms with Gasteiger partial charge in [0.1, 0.15) is 0 Å². The number of rotatable bonds is 6. The van der Waals surface area contributed by atoms with Crippen LogP contribution in [0.5, 0.6) is 0 Å². The second kappa shape index (κ2) is 8.78. The molecule has 1 spiro atoms. The predicted molar refractivity (Wildman–Crippen MR) is 102 cm³/mol. The largest absolute Gasteiger partial charge is 0.379 e. The summed E-state index contributed by atoms with van der Waals surface area (Å²) < 4.78 is 32.6. The maximum atomic E-state index is 12.5. The summed E-state index contributed by atoms with van der Waals surface area (Å²) in [5, 5.41) is 0. The molecule has 0 radical (unpaired) electrons. The Labute approximate surface area is 157 Å². The molecule has 0 N–H and O–H groups in total. The third kappa shape index (κ3) is 5.03. The number of unbranched alkanes of at least 4 members (excludes halogenated alkanes) is 1. The number of sulfonamides is 1. The van der Waals surface area contributed by atoms with Gasteiger partial charge in [0.25, 0.3) is 0 Å². The van der Waals surface area contributed by atoms with Crippen molar-refractivity contribution in [2.24, 2.45) is 5.41 Å². The van der Waals surface area contributed by atoms with Crippen LogP contribution in [0, 0.1) is 5.41 Å².